The highest BCUT2D eigenvalue weighted by molar-refractivity contribution is 5.91. The molecular weight excluding hydrogens is 550 g/mol. The molecule has 240 valence electrons. The quantitative estimate of drug-likeness (QED) is 0.317. The van der Waals surface area contributed by atoms with Crippen LogP contribution >= 0.6 is 0 Å². The van der Waals surface area contributed by atoms with Crippen LogP contribution in [0.2, 0.25) is 0 Å². The zero-order chi connectivity index (χ0) is 31.2. The van der Waals surface area contributed by atoms with Crippen molar-refractivity contribution in [1.82, 2.24) is 5.32 Å². The van der Waals surface area contributed by atoms with Crippen LogP contribution in [0, 0.1) is 28.6 Å². The second kappa shape index (κ2) is 12.0. The second-order valence-corrected chi connectivity index (χ2v) is 15.9. The normalized spacial score (nSPS) is 37.6. The minimum atomic E-state index is -0.243. The number of rotatable bonds is 8. The van der Waals surface area contributed by atoms with Gasteiger partial charge >= 0.3 is 5.97 Å². The number of esters is 1. The number of amides is 1. The summed E-state index contributed by atoms with van der Waals surface area (Å²) in [5.74, 6) is 1.80. The number of fused-ring (bicyclic) bond motifs is 5. The SMILES string of the molecule is CC1(C)C[C@](CCNC(=O)CCC(=O)O[C@@H]2CC[C@@H]3[C@@H]4CCC5=CC(=O)CC[C@]5(C)[C@@H]4CC[C@@]32C)(c2ccccc2)CCO1. The van der Waals surface area contributed by atoms with Gasteiger partial charge in [0.2, 0.25) is 5.91 Å². The predicted molar refractivity (Wildman–Crippen MR) is 171 cm³/mol. The van der Waals surface area contributed by atoms with Crippen LogP contribution in [0.15, 0.2) is 42.0 Å². The van der Waals surface area contributed by atoms with Gasteiger partial charge in [-0.05, 0) is 113 Å². The molecule has 1 N–H and O–H groups in total. The van der Waals surface area contributed by atoms with Crippen LogP contribution in [-0.2, 0) is 29.3 Å². The topological polar surface area (TPSA) is 81.7 Å². The standard InChI is InChI=1S/C38H53NO5/c1-35(2)25-38(21-23-43-35,26-8-6-5-7-9-26)20-22-39-33(41)14-15-34(42)44-32-13-12-30-29-11-10-27-24-28(40)16-18-36(27,3)31(29)17-19-37(30,32)4/h5-9,24,29-32H,10-23,25H2,1-4H3,(H,39,41)/t29-,30+,31+,32+,36-,37-,38+/m0/s1. The number of ketones is 1. The van der Waals surface area contributed by atoms with Crippen molar-refractivity contribution in [2.24, 2.45) is 28.6 Å². The van der Waals surface area contributed by atoms with Crippen molar-refractivity contribution in [3.05, 3.63) is 47.5 Å². The van der Waals surface area contributed by atoms with E-state index in [4.69, 9.17) is 9.47 Å². The van der Waals surface area contributed by atoms with Gasteiger partial charge in [-0.25, -0.2) is 0 Å². The summed E-state index contributed by atoms with van der Waals surface area (Å²) in [6.07, 6.45) is 13.0. The molecule has 3 saturated carbocycles. The van der Waals surface area contributed by atoms with Gasteiger partial charge in [-0.15, -0.1) is 0 Å². The molecule has 4 aliphatic carbocycles. The smallest absolute Gasteiger partial charge is 0.306 e. The number of hydrogen-bond donors (Lipinski definition) is 1. The summed E-state index contributed by atoms with van der Waals surface area (Å²) in [4.78, 5) is 38.0. The van der Waals surface area contributed by atoms with Crippen molar-refractivity contribution >= 4 is 17.7 Å². The summed E-state index contributed by atoms with van der Waals surface area (Å²) in [5.41, 5.74) is 2.61. The Morgan fingerprint density at radius 1 is 0.932 bits per heavy atom. The monoisotopic (exact) mass is 603 g/mol. The molecule has 1 saturated heterocycles. The van der Waals surface area contributed by atoms with Gasteiger partial charge in [0, 0.05) is 36.8 Å². The molecule has 0 unspecified atom stereocenters. The van der Waals surface area contributed by atoms with E-state index < -0.39 is 0 Å². The molecule has 0 aromatic heterocycles. The third kappa shape index (κ3) is 5.92. The second-order valence-electron chi connectivity index (χ2n) is 15.9. The van der Waals surface area contributed by atoms with E-state index in [9.17, 15) is 14.4 Å². The van der Waals surface area contributed by atoms with E-state index in [0.29, 0.717) is 43.1 Å². The van der Waals surface area contributed by atoms with E-state index in [-0.39, 0.29) is 52.7 Å². The first-order chi connectivity index (χ1) is 20.9. The van der Waals surface area contributed by atoms with Gasteiger partial charge < -0.3 is 14.8 Å². The number of benzene rings is 1. The lowest BCUT2D eigenvalue weighted by Crippen LogP contribution is -2.51. The van der Waals surface area contributed by atoms with E-state index in [0.717, 1.165) is 64.2 Å². The molecule has 0 bridgehead atoms. The predicted octanol–water partition coefficient (Wildman–Crippen LogP) is 7.24. The maximum absolute atomic E-state index is 13.0. The Labute approximate surface area is 264 Å². The molecule has 0 spiro atoms. The van der Waals surface area contributed by atoms with E-state index in [1.807, 2.05) is 12.1 Å². The minimum absolute atomic E-state index is 0.00436. The number of hydrogen-bond acceptors (Lipinski definition) is 5. The van der Waals surface area contributed by atoms with Gasteiger partial charge in [-0.3, -0.25) is 14.4 Å². The van der Waals surface area contributed by atoms with Gasteiger partial charge in [-0.2, -0.15) is 0 Å². The lowest BCUT2D eigenvalue weighted by molar-refractivity contribution is -0.160. The number of carbonyl (C=O) groups excluding carboxylic acids is 3. The molecule has 44 heavy (non-hydrogen) atoms. The number of carbonyl (C=O) groups is 3. The Bertz CT molecular complexity index is 1290. The summed E-state index contributed by atoms with van der Waals surface area (Å²) < 4.78 is 12.2. The largest absolute Gasteiger partial charge is 0.462 e. The molecule has 1 aliphatic heterocycles. The third-order valence-corrected chi connectivity index (χ3v) is 12.9. The van der Waals surface area contributed by atoms with Gasteiger partial charge in [0.15, 0.2) is 5.78 Å². The Hall–Kier alpha value is -2.47. The van der Waals surface area contributed by atoms with Crippen LogP contribution in [0.25, 0.3) is 0 Å². The third-order valence-electron chi connectivity index (χ3n) is 12.9. The fourth-order valence-corrected chi connectivity index (χ4v) is 10.5. The van der Waals surface area contributed by atoms with Crippen LogP contribution in [0.4, 0.5) is 0 Å². The zero-order valence-corrected chi connectivity index (χ0v) is 27.4. The summed E-state index contributed by atoms with van der Waals surface area (Å²) >= 11 is 0. The van der Waals surface area contributed by atoms with E-state index in [1.165, 1.54) is 11.1 Å². The first kappa shape index (κ1) is 31.5. The lowest BCUT2D eigenvalue weighted by atomic mass is 9.47. The van der Waals surface area contributed by atoms with Crippen molar-refractivity contribution in [2.45, 2.75) is 128 Å². The van der Waals surface area contributed by atoms with Crippen molar-refractivity contribution in [3.8, 4) is 0 Å². The van der Waals surface area contributed by atoms with Crippen LogP contribution < -0.4 is 5.32 Å². The lowest BCUT2D eigenvalue weighted by Gasteiger charge is -2.57. The van der Waals surface area contributed by atoms with E-state index in [2.05, 4.69) is 57.3 Å². The molecule has 6 nitrogen and oxygen atoms in total. The first-order valence-corrected chi connectivity index (χ1v) is 17.3. The molecule has 5 aliphatic rings. The molecule has 1 aromatic carbocycles. The average molecular weight is 604 g/mol. The summed E-state index contributed by atoms with van der Waals surface area (Å²) in [7, 11) is 0. The maximum Gasteiger partial charge on any atom is 0.306 e. The highest BCUT2D eigenvalue weighted by atomic mass is 16.5. The van der Waals surface area contributed by atoms with E-state index >= 15 is 0 Å². The van der Waals surface area contributed by atoms with Crippen LogP contribution in [0.5, 0.6) is 0 Å². The molecule has 6 rings (SSSR count). The zero-order valence-electron chi connectivity index (χ0n) is 27.4. The number of ether oxygens (including phenoxy) is 2. The molecule has 4 fully saturated rings. The summed E-state index contributed by atoms with van der Waals surface area (Å²) in [5, 5.41) is 3.10. The van der Waals surface area contributed by atoms with Gasteiger partial charge in [0.1, 0.15) is 6.10 Å². The van der Waals surface area contributed by atoms with Crippen molar-refractivity contribution in [2.75, 3.05) is 13.2 Å². The van der Waals surface area contributed by atoms with Crippen LogP contribution in [0.1, 0.15) is 117 Å². The average Bonchev–Trinajstić information content (AvgIpc) is 3.32. The van der Waals surface area contributed by atoms with Crippen LogP contribution in [-0.4, -0.2) is 42.5 Å². The van der Waals surface area contributed by atoms with Gasteiger partial charge in [0.05, 0.1) is 12.0 Å². The molecule has 7 atom stereocenters. The molecule has 0 radical (unpaired) electrons. The highest BCUT2D eigenvalue weighted by Gasteiger charge is 2.60. The Balaban J connectivity index is 0.996. The summed E-state index contributed by atoms with van der Waals surface area (Å²) in [6.45, 7) is 10.3. The fourth-order valence-electron chi connectivity index (χ4n) is 10.5. The molecule has 6 heteroatoms. The number of nitrogens with one attached hydrogen (secondary N) is 1. The molecular formula is C38H53NO5. The summed E-state index contributed by atoms with van der Waals surface area (Å²) in [6, 6.07) is 10.6. The van der Waals surface area contributed by atoms with Gasteiger partial charge in [0.25, 0.3) is 0 Å². The molecule has 1 heterocycles. The van der Waals surface area contributed by atoms with Crippen LogP contribution in [0.3, 0.4) is 0 Å². The van der Waals surface area contributed by atoms with Gasteiger partial charge in [-0.1, -0.05) is 49.8 Å². The van der Waals surface area contributed by atoms with E-state index in [1.54, 1.807) is 0 Å². The Morgan fingerprint density at radius 2 is 1.73 bits per heavy atom. The Kier molecular flexibility index (Phi) is 8.62. The minimum Gasteiger partial charge on any atom is -0.462 e. The van der Waals surface area contributed by atoms with Crippen molar-refractivity contribution in [1.29, 1.82) is 0 Å². The van der Waals surface area contributed by atoms with Crippen molar-refractivity contribution < 1.29 is 23.9 Å². The van der Waals surface area contributed by atoms with Crippen molar-refractivity contribution in [3.63, 3.8) is 0 Å². The Morgan fingerprint density at radius 3 is 2.50 bits per heavy atom. The number of allylic oxidation sites excluding steroid dienone is 1. The molecule has 1 amide bonds. The fraction of sp³-hybridized carbons (Fsp3) is 0.711. The first-order valence-electron chi connectivity index (χ1n) is 17.3. The maximum atomic E-state index is 13.0. The molecule has 1 aromatic rings. The highest BCUT2D eigenvalue weighted by Crippen LogP contribution is 2.65.